The first kappa shape index (κ1) is 27.8. The number of nitrogens with one attached hydrogen (secondary N) is 1. The zero-order valence-electron chi connectivity index (χ0n) is 22.1. The van der Waals surface area contributed by atoms with E-state index in [0.717, 1.165) is 23.3 Å². The van der Waals surface area contributed by atoms with E-state index in [9.17, 15) is 27.6 Å². The van der Waals surface area contributed by atoms with Crippen molar-refractivity contribution >= 4 is 23.3 Å². The van der Waals surface area contributed by atoms with Crippen LogP contribution in [0.4, 0.5) is 18.9 Å². The van der Waals surface area contributed by atoms with Gasteiger partial charge in [0.25, 0.3) is 5.91 Å². The zero-order valence-corrected chi connectivity index (χ0v) is 22.1. The second-order valence-electron chi connectivity index (χ2n) is 10.3. The lowest BCUT2D eigenvalue weighted by Gasteiger charge is -2.20. The molecule has 0 spiro atoms. The van der Waals surface area contributed by atoms with Crippen LogP contribution in [0.25, 0.3) is 11.1 Å². The van der Waals surface area contributed by atoms with E-state index in [-0.39, 0.29) is 36.5 Å². The van der Waals surface area contributed by atoms with Gasteiger partial charge in [-0.05, 0) is 72.0 Å². The van der Waals surface area contributed by atoms with Crippen LogP contribution in [-0.4, -0.2) is 22.6 Å². The SMILES string of the molecule is Cc1ccc2c(c1)NC(=O)C2CC(=O)C[C@@H](Cc1cc(F)cc(F)c1)c1ncccc1-c1ccc(F)c(C(N)=O)c1. The van der Waals surface area contributed by atoms with E-state index in [2.05, 4.69) is 10.3 Å². The third-order valence-corrected chi connectivity index (χ3v) is 7.24. The molecule has 3 aromatic carbocycles. The van der Waals surface area contributed by atoms with Crippen molar-refractivity contribution in [1.29, 1.82) is 0 Å². The van der Waals surface area contributed by atoms with Crippen molar-refractivity contribution < 1.29 is 27.6 Å². The molecule has 0 saturated heterocycles. The summed E-state index contributed by atoms with van der Waals surface area (Å²) in [4.78, 5) is 42.5. The average Bonchev–Trinajstić information content (AvgIpc) is 3.21. The number of aryl methyl sites for hydroxylation is 1. The number of carbonyl (C=O) groups excluding carboxylic acids is 3. The van der Waals surface area contributed by atoms with Gasteiger partial charge in [-0.25, -0.2) is 13.2 Å². The molecule has 1 unspecified atom stereocenters. The Kier molecular flexibility index (Phi) is 7.70. The van der Waals surface area contributed by atoms with Gasteiger partial charge in [-0.2, -0.15) is 0 Å². The second kappa shape index (κ2) is 11.4. The minimum Gasteiger partial charge on any atom is -0.366 e. The molecular formula is C32H26F3N3O3. The maximum atomic E-state index is 14.2. The maximum Gasteiger partial charge on any atom is 0.251 e. The predicted octanol–water partition coefficient (Wildman–Crippen LogP) is 5.98. The van der Waals surface area contributed by atoms with Gasteiger partial charge in [-0.3, -0.25) is 19.4 Å². The molecule has 4 aromatic rings. The number of hydrogen-bond donors (Lipinski definition) is 2. The quantitative estimate of drug-likeness (QED) is 0.264. The molecule has 2 atom stereocenters. The Morgan fingerprint density at radius 1 is 1.00 bits per heavy atom. The molecule has 6 nitrogen and oxygen atoms in total. The third-order valence-electron chi connectivity index (χ3n) is 7.24. The van der Waals surface area contributed by atoms with Crippen molar-refractivity contribution in [1.82, 2.24) is 4.98 Å². The van der Waals surface area contributed by atoms with Crippen molar-refractivity contribution in [3.05, 3.63) is 118 Å². The van der Waals surface area contributed by atoms with Crippen molar-refractivity contribution in [3.63, 3.8) is 0 Å². The Morgan fingerprint density at radius 2 is 1.76 bits per heavy atom. The highest BCUT2D eigenvalue weighted by molar-refractivity contribution is 6.05. The summed E-state index contributed by atoms with van der Waals surface area (Å²) in [6, 6.07) is 15.9. The van der Waals surface area contributed by atoms with E-state index in [1.165, 1.54) is 30.5 Å². The average molecular weight is 558 g/mol. The first-order valence-corrected chi connectivity index (χ1v) is 13.0. The van der Waals surface area contributed by atoms with E-state index < -0.39 is 35.2 Å². The predicted molar refractivity (Wildman–Crippen MR) is 148 cm³/mol. The van der Waals surface area contributed by atoms with Gasteiger partial charge in [-0.15, -0.1) is 0 Å². The van der Waals surface area contributed by atoms with Crippen LogP contribution in [0.15, 0.2) is 72.9 Å². The lowest BCUT2D eigenvalue weighted by Crippen LogP contribution is -2.19. The van der Waals surface area contributed by atoms with Gasteiger partial charge in [0.2, 0.25) is 5.91 Å². The normalized spacial score (nSPS) is 14.8. The highest BCUT2D eigenvalue weighted by Crippen LogP contribution is 2.38. The number of anilines is 1. The second-order valence-corrected chi connectivity index (χ2v) is 10.3. The van der Waals surface area contributed by atoms with Crippen molar-refractivity contribution in [2.75, 3.05) is 5.32 Å². The fourth-order valence-electron chi connectivity index (χ4n) is 5.38. The molecule has 9 heteroatoms. The Balaban J connectivity index is 1.51. The third kappa shape index (κ3) is 6.04. The number of amides is 2. The van der Waals surface area contributed by atoms with Gasteiger partial charge in [-0.1, -0.05) is 24.3 Å². The molecule has 1 aliphatic heterocycles. The summed E-state index contributed by atoms with van der Waals surface area (Å²) >= 11 is 0. The lowest BCUT2D eigenvalue weighted by molar-refractivity contribution is -0.124. The molecule has 0 saturated carbocycles. The number of Topliss-reactive ketones (excluding diaryl/α,β-unsaturated/α-hetero) is 1. The standard InChI is InChI=1S/C32H26F3N3O3/c1-17-4-6-25-26(32(41)38-29(25)9-17)16-23(39)13-20(10-18-11-21(33)15-22(34)12-18)30-24(3-2-8-37-30)19-5-7-28(35)27(14-19)31(36)40/h2-9,11-12,14-15,20,26H,10,13,16H2,1H3,(H2,36,40)(H,38,41)/t20-,26?/m1/s1. The number of carbonyl (C=O) groups is 3. The fraction of sp³-hybridized carbons (Fsp3) is 0.188. The summed E-state index contributed by atoms with van der Waals surface area (Å²) in [6.45, 7) is 1.91. The molecule has 0 bridgehead atoms. The van der Waals surface area contributed by atoms with Gasteiger partial charge in [0, 0.05) is 42.3 Å². The number of primary amides is 1. The molecule has 3 N–H and O–H groups in total. The molecule has 0 fully saturated rings. The number of fused-ring (bicyclic) bond motifs is 1. The maximum absolute atomic E-state index is 14.2. The molecule has 208 valence electrons. The highest BCUT2D eigenvalue weighted by atomic mass is 19.1. The van der Waals surface area contributed by atoms with Gasteiger partial charge >= 0.3 is 0 Å². The molecule has 1 aromatic heterocycles. The summed E-state index contributed by atoms with van der Waals surface area (Å²) in [5, 5.41) is 2.83. The van der Waals surface area contributed by atoms with Crippen molar-refractivity contribution in [2.24, 2.45) is 5.73 Å². The summed E-state index contributed by atoms with van der Waals surface area (Å²) in [6.07, 6.45) is 1.42. The lowest BCUT2D eigenvalue weighted by atomic mass is 9.84. The summed E-state index contributed by atoms with van der Waals surface area (Å²) < 4.78 is 42.4. The number of nitrogens with two attached hydrogens (primary N) is 1. The molecule has 2 amide bonds. The van der Waals surface area contributed by atoms with E-state index in [1.54, 1.807) is 12.1 Å². The van der Waals surface area contributed by atoms with Crippen LogP contribution in [0.3, 0.4) is 0 Å². The summed E-state index contributed by atoms with van der Waals surface area (Å²) in [7, 11) is 0. The molecule has 0 aliphatic carbocycles. The topological polar surface area (TPSA) is 102 Å². The van der Waals surface area contributed by atoms with E-state index >= 15 is 0 Å². The van der Waals surface area contributed by atoms with Gasteiger partial charge < -0.3 is 11.1 Å². The zero-order chi connectivity index (χ0) is 29.3. The van der Waals surface area contributed by atoms with Crippen molar-refractivity contribution in [3.8, 4) is 11.1 Å². The Bertz CT molecular complexity index is 1670. The number of rotatable bonds is 9. The van der Waals surface area contributed by atoms with Gasteiger partial charge in [0.05, 0.1) is 17.2 Å². The van der Waals surface area contributed by atoms with Crippen LogP contribution in [0, 0.1) is 24.4 Å². The number of aromatic nitrogens is 1. The fourth-order valence-corrected chi connectivity index (χ4v) is 5.38. The van der Waals surface area contributed by atoms with Crippen molar-refractivity contribution in [2.45, 2.75) is 38.0 Å². The van der Waals surface area contributed by atoms with E-state index in [4.69, 9.17) is 5.73 Å². The molecule has 2 heterocycles. The van der Waals surface area contributed by atoms with Crippen LogP contribution in [-0.2, 0) is 16.0 Å². The number of halogens is 3. The minimum absolute atomic E-state index is 0.0565. The Labute approximate surface area is 234 Å². The van der Waals surface area contributed by atoms with Crippen LogP contribution >= 0.6 is 0 Å². The Morgan fingerprint density at radius 3 is 2.49 bits per heavy atom. The van der Waals surface area contributed by atoms with Crippen LogP contribution in [0.1, 0.15) is 57.4 Å². The number of pyridine rings is 1. The van der Waals surface area contributed by atoms with E-state index in [0.29, 0.717) is 28.1 Å². The molecule has 5 rings (SSSR count). The molecule has 0 radical (unpaired) electrons. The molecule has 41 heavy (non-hydrogen) atoms. The number of benzene rings is 3. The smallest absolute Gasteiger partial charge is 0.251 e. The first-order chi connectivity index (χ1) is 19.6. The van der Waals surface area contributed by atoms with Crippen LogP contribution in [0.5, 0.6) is 0 Å². The molecule has 1 aliphatic rings. The highest BCUT2D eigenvalue weighted by Gasteiger charge is 2.33. The first-order valence-electron chi connectivity index (χ1n) is 13.0. The summed E-state index contributed by atoms with van der Waals surface area (Å²) in [5.74, 6) is -5.08. The monoisotopic (exact) mass is 557 g/mol. The van der Waals surface area contributed by atoms with Crippen LogP contribution < -0.4 is 11.1 Å². The summed E-state index contributed by atoms with van der Waals surface area (Å²) in [5.41, 5.74) is 9.09. The van der Waals surface area contributed by atoms with Crippen LogP contribution in [0.2, 0.25) is 0 Å². The van der Waals surface area contributed by atoms with Gasteiger partial charge in [0.1, 0.15) is 23.2 Å². The van der Waals surface area contributed by atoms with E-state index in [1.807, 2.05) is 25.1 Å². The minimum atomic E-state index is -0.943. The largest absolute Gasteiger partial charge is 0.366 e. The Hall–Kier alpha value is -4.79. The molecular weight excluding hydrogens is 531 g/mol. The van der Waals surface area contributed by atoms with Gasteiger partial charge in [0.15, 0.2) is 0 Å². The number of hydrogen-bond acceptors (Lipinski definition) is 4. The number of ketones is 1. The number of nitrogens with zero attached hydrogens (tertiary/aromatic N) is 1.